The van der Waals surface area contributed by atoms with E-state index in [2.05, 4.69) is 53.7 Å². The van der Waals surface area contributed by atoms with Crippen LogP contribution in [0.25, 0.3) is 16.7 Å². The lowest BCUT2D eigenvalue weighted by atomic mass is 10.2. The minimum atomic E-state index is -0.119. The molecule has 3 aromatic heterocycles. The van der Waals surface area contributed by atoms with Gasteiger partial charge in [0.05, 0.1) is 5.75 Å². The Balaban J connectivity index is 1.47. The van der Waals surface area contributed by atoms with Crippen LogP contribution in [0.5, 0.6) is 0 Å². The molecule has 31 heavy (non-hydrogen) atoms. The zero-order valence-corrected chi connectivity index (χ0v) is 18.5. The van der Waals surface area contributed by atoms with Crippen molar-refractivity contribution in [2.75, 3.05) is 34.8 Å². The summed E-state index contributed by atoms with van der Waals surface area (Å²) in [5, 5.41) is 19.2. The highest BCUT2D eigenvalue weighted by Crippen LogP contribution is 2.23. The van der Waals surface area contributed by atoms with Crippen LogP contribution < -0.4 is 16.0 Å². The maximum atomic E-state index is 12.5. The van der Waals surface area contributed by atoms with Crippen LogP contribution in [0.2, 0.25) is 0 Å². The van der Waals surface area contributed by atoms with Crippen LogP contribution in [-0.2, 0) is 11.3 Å². The number of aromatic nitrogens is 6. The largest absolute Gasteiger partial charge is 0.355 e. The molecule has 0 saturated heterocycles. The molecule has 0 aliphatic heterocycles. The maximum Gasteiger partial charge on any atom is 0.261 e. The number of thioether (sulfide) groups is 1. The van der Waals surface area contributed by atoms with Crippen molar-refractivity contribution in [1.29, 1.82) is 0 Å². The van der Waals surface area contributed by atoms with Crippen LogP contribution in [-0.4, -0.2) is 53.9 Å². The molecule has 1 amide bonds. The third kappa shape index (κ3) is 4.41. The average molecular weight is 440 g/mol. The number of carbonyl (C=O) groups is 1. The molecule has 0 aliphatic rings. The summed E-state index contributed by atoms with van der Waals surface area (Å²) in [7, 11) is 0. The molecule has 0 unspecified atom stereocenters. The topological polar surface area (TPSA) is 114 Å². The molecule has 3 N–H and O–H groups in total. The predicted molar refractivity (Wildman–Crippen MR) is 124 cm³/mol. The van der Waals surface area contributed by atoms with E-state index >= 15 is 0 Å². The molecule has 0 fully saturated rings. The molecule has 1 aromatic carbocycles. The van der Waals surface area contributed by atoms with Crippen LogP contribution in [0, 0.1) is 0 Å². The monoisotopic (exact) mass is 439 g/mol. The number of fused-ring (bicyclic) bond motifs is 2. The van der Waals surface area contributed by atoms with Crippen molar-refractivity contribution < 1.29 is 4.79 Å². The molecule has 0 radical (unpaired) electrons. The third-order valence-electron chi connectivity index (χ3n) is 4.64. The van der Waals surface area contributed by atoms with E-state index in [4.69, 9.17) is 0 Å². The average Bonchev–Trinajstić information content (AvgIpc) is 3.36. The Morgan fingerprint density at radius 3 is 2.68 bits per heavy atom. The minimum Gasteiger partial charge on any atom is -0.355 e. The zero-order chi connectivity index (χ0) is 21.8. The molecule has 0 spiro atoms. The quantitative estimate of drug-likeness (QED) is 0.341. The van der Waals surface area contributed by atoms with Crippen molar-refractivity contribution in [2.45, 2.75) is 32.5 Å². The van der Waals surface area contributed by atoms with Crippen LogP contribution in [0.1, 0.15) is 20.8 Å². The van der Waals surface area contributed by atoms with E-state index in [0.717, 1.165) is 23.1 Å². The van der Waals surface area contributed by atoms with E-state index in [1.165, 1.54) is 11.8 Å². The summed E-state index contributed by atoms with van der Waals surface area (Å²) < 4.78 is 3.89. The van der Waals surface area contributed by atoms with E-state index in [-0.39, 0.29) is 11.7 Å². The first-order valence-corrected chi connectivity index (χ1v) is 11.2. The predicted octanol–water partition coefficient (Wildman–Crippen LogP) is 3.09. The third-order valence-corrected chi connectivity index (χ3v) is 5.57. The molecule has 0 saturated carbocycles. The highest BCUT2D eigenvalue weighted by atomic mass is 32.2. The summed E-state index contributed by atoms with van der Waals surface area (Å²) in [4.78, 5) is 21.4. The number of anilines is 3. The van der Waals surface area contributed by atoms with Gasteiger partial charge in [0.1, 0.15) is 0 Å². The van der Waals surface area contributed by atoms with Gasteiger partial charge >= 0.3 is 0 Å². The van der Waals surface area contributed by atoms with Gasteiger partial charge in [0.15, 0.2) is 5.16 Å². The fourth-order valence-electron chi connectivity index (χ4n) is 3.28. The van der Waals surface area contributed by atoms with E-state index in [1.54, 1.807) is 4.40 Å². The smallest absolute Gasteiger partial charge is 0.261 e. The Kier molecular flexibility index (Phi) is 6.21. The minimum absolute atomic E-state index is 0.119. The molecule has 11 heteroatoms. The SMILES string of the molecule is CCNc1nc(NCC)n2c(SCC(=O)Nc3ccc4c(ccn4CC)c3)nnc2n1. The molecule has 4 rings (SSSR count). The summed E-state index contributed by atoms with van der Waals surface area (Å²) in [6.45, 7) is 8.36. The van der Waals surface area contributed by atoms with Crippen LogP contribution >= 0.6 is 11.8 Å². The lowest BCUT2D eigenvalue weighted by Gasteiger charge is -2.10. The van der Waals surface area contributed by atoms with Gasteiger partial charge in [-0.15, -0.1) is 10.2 Å². The number of carbonyl (C=O) groups excluding carboxylic acids is 1. The van der Waals surface area contributed by atoms with Gasteiger partial charge in [-0.3, -0.25) is 4.79 Å². The zero-order valence-electron chi connectivity index (χ0n) is 17.7. The normalized spacial score (nSPS) is 11.2. The fourth-order valence-corrected chi connectivity index (χ4v) is 4.01. The van der Waals surface area contributed by atoms with Crippen molar-refractivity contribution in [2.24, 2.45) is 0 Å². The molecule has 0 atom stereocenters. The Morgan fingerprint density at radius 2 is 1.90 bits per heavy atom. The number of nitrogens with one attached hydrogen (secondary N) is 3. The van der Waals surface area contributed by atoms with Crippen LogP contribution in [0.15, 0.2) is 35.6 Å². The van der Waals surface area contributed by atoms with Crippen LogP contribution in [0.4, 0.5) is 17.6 Å². The van der Waals surface area contributed by atoms with Crippen LogP contribution in [0.3, 0.4) is 0 Å². The molecule has 10 nitrogen and oxygen atoms in total. The number of nitrogens with zero attached hydrogens (tertiary/aromatic N) is 6. The summed E-state index contributed by atoms with van der Waals surface area (Å²) >= 11 is 1.29. The van der Waals surface area contributed by atoms with Crippen molar-refractivity contribution in [3.8, 4) is 0 Å². The lowest BCUT2D eigenvalue weighted by Crippen LogP contribution is -2.15. The van der Waals surface area contributed by atoms with Gasteiger partial charge in [0.2, 0.25) is 17.8 Å². The van der Waals surface area contributed by atoms with Gasteiger partial charge in [-0.2, -0.15) is 9.97 Å². The number of amides is 1. The summed E-state index contributed by atoms with van der Waals surface area (Å²) in [6, 6.07) is 7.98. The van der Waals surface area contributed by atoms with E-state index < -0.39 is 0 Å². The summed E-state index contributed by atoms with van der Waals surface area (Å²) in [5.74, 6) is 1.57. The number of benzene rings is 1. The van der Waals surface area contributed by atoms with Gasteiger partial charge in [0, 0.05) is 42.4 Å². The first kappa shape index (κ1) is 20.9. The number of hydrogen-bond acceptors (Lipinski definition) is 8. The summed E-state index contributed by atoms with van der Waals surface area (Å²) in [6.07, 6.45) is 2.05. The molecule has 0 bridgehead atoms. The number of rotatable bonds is 9. The maximum absolute atomic E-state index is 12.5. The van der Waals surface area contributed by atoms with Crippen molar-refractivity contribution >= 4 is 51.9 Å². The lowest BCUT2D eigenvalue weighted by molar-refractivity contribution is -0.113. The van der Waals surface area contributed by atoms with Crippen molar-refractivity contribution in [3.63, 3.8) is 0 Å². The van der Waals surface area contributed by atoms with E-state index in [1.807, 2.05) is 38.2 Å². The Morgan fingerprint density at radius 1 is 1.06 bits per heavy atom. The standard InChI is InChI=1S/C20H25N9OS/c1-4-21-17-24-18(22-5-2)29-19(25-17)26-27-20(29)31-12-16(30)23-14-7-8-15-13(11-14)9-10-28(15)6-3/h7-11H,4-6,12H2,1-3H3,(H,23,30)(H2,21,22,24,25,26). The molecular weight excluding hydrogens is 414 g/mol. The second kappa shape index (κ2) is 9.21. The highest BCUT2D eigenvalue weighted by Gasteiger charge is 2.16. The van der Waals surface area contributed by atoms with Gasteiger partial charge in [-0.1, -0.05) is 11.8 Å². The second-order valence-electron chi connectivity index (χ2n) is 6.76. The van der Waals surface area contributed by atoms with Gasteiger partial charge in [0.25, 0.3) is 5.78 Å². The Hall–Kier alpha value is -3.34. The Bertz CT molecular complexity index is 1220. The number of aryl methyl sites for hydroxylation is 1. The number of hydrogen-bond donors (Lipinski definition) is 3. The van der Waals surface area contributed by atoms with Gasteiger partial charge in [-0.05, 0) is 45.0 Å². The second-order valence-corrected chi connectivity index (χ2v) is 7.70. The molecule has 0 aliphatic carbocycles. The fraction of sp³-hybridized carbons (Fsp3) is 0.350. The Labute approximate surface area is 183 Å². The van der Waals surface area contributed by atoms with Gasteiger partial charge in [-0.25, -0.2) is 4.40 Å². The summed E-state index contributed by atoms with van der Waals surface area (Å²) in [5.41, 5.74) is 1.92. The molecular formula is C20H25N9OS. The molecule has 4 aromatic rings. The van der Waals surface area contributed by atoms with Crippen molar-refractivity contribution in [1.82, 2.24) is 29.1 Å². The first-order chi connectivity index (χ1) is 15.1. The highest BCUT2D eigenvalue weighted by molar-refractivity contribution is 7.99. The van der Waals surface area contributed by atoms with E-state index in [0.29, 0.717) is 35.9 Å². The first-order valence-electron chi connectivity index (χ1n) is 10.2. The van der Waals surface area contributed by atoms with Crippen molar-refractivity contribution in [3.05, 3.63) is 30.5 Å². The van der Waals surface area contributed by atoms with E-state index in [9.17, 15) is 4.79 Å². The molecule has 162 valence electrons. The molecule has 3 heterocycles. The van der Waals surface area contributed by atoms with Gasteiger partial charge < -0.3 is 20.5 Å².